The number of halogens is 2. The Morgan fingerprint density at radius 2 is 2.00 bits per heavy atom. The molecule has 4 rings (SSSR count). The quantitative estimate of drug-likeness (QED) is 0.484. The molecule has 0 aliphatic carbocycles. The van der Waals surface area contributed by atoms with Crippen molar-refractivity contribution in [2.45, 2.75) is 12.6 Å². The first-order valence-electron chi connectivity index (χ1n) is 9.76. The number of anilines is 1. The molecule has 166 valence electrons. The van der Waals surface area contributed by atoms with E-state index in [2.05, 4.69) is 15.3 Å². The lowest BCUT2D eigenvalue weighted by atomic mass is 10.3. The van der Waals surface area contributed by atoms with E-state index in [-0.39, 0.29) is 24.3 Å². The smallest absolute Gasteiger partial charge is 0.329 e. The molecule has 0 radical (unpaired) electrons. The van der Waals surface area contributed by atoms with Gasteiger partial charge in [-0.3, -0.25) is 14.3 Å². The van der Waals surface area contributed by atoms with Gasteiger partial charge >= 0.3 is 5.69 Å². The highest BCUT2D eigenvalue weighted by atomic mass is 35.5. The van der Waals surface area contributed by atoms with Crippen molar-refractivity contribution in [1.82, 2.24) is 24.4 Å². The van der Waals surface area contributed by atoms with Gasteiger partial charge in [-0.15, -0.1) is 0 Å². The zero-order chi connectivity index (χ0) is 22.1. The predicted molar refractivity (Wildman–Crippen MR) is 119 cm³/mol. The van der Waals surface area contributed by atoms with Crippen molar-refractivity contribution in [2.24, 2.45) is 7.05 Å². The Morgan fingerprint density at radius 3 is 2.71 bits per heavy atom. The number of benzene rings is 1. The Bertz CT molecular complexity index is 1210. The largest absolute Gasteiger partial charge is 0.489 e. The van der Waals surface area contributed by atoms with Crippen molar-refractivity contribution in [3.63, 3.8) is 0 Å². The molecular weight excluding hydrogens is 447 g/mol. The molecule has 1 aliphatic heterocycles. The maximum atomic E-state index is 12.6. The molecule has 2 aromatic heterocycles. The topological polar surface area (TPSA) is 117 Å². The molecule has 1 atom stereocenters. The minimum Gasteiger partial charge on any atom is -0.489 e. The van der Waals surface area contributed by atoms with Gasteiger partial charge in [-0.2, -0.15) is 4.98 Å². The molecule has 1 aliphatic rings. The number of aromatic amines is 1. The summed E-state index contributed by atoms with van der Waals surface area (Å²) in [7, 11) is 1.54. The van der Waals surface area contributed by atoms with Crippen LogP contribution in [0.25, 0.3) is 11.2 Å². The lowest BCUT2D eigenvalue weighted by Crippen LogP contribution is -2.45. The molecule has 0 saturated carbocycles. The van der Waals surface area contributed by atoms with Crippen LogP contribution in [0.5, 0.6) is 5.75 Å². The number of nitrogens with one attached hydrogen (secondary N) is 2. The van der Waals surface area contributed by atoms with Crippen LogP contribution in [0.15, 0.2) is 27.8 Å². The maximum Gasteiger partial charge on any atom is 0.329 e. The summed E-state index contributed by atoms with van der Waals surface area (Å²) in [6.45, 7) is 2.87. The Kier molecular flexibility index (Phi) is 6.24. The van der Waals surface area contributed by atoms with Crippen LogP contribution in [-0.4, -0.2) is 63.1 Å². The zero-order valence-corrected chi connectivity index (χ0v) is 18.3. The first-order valence-corrected chi connectivity index (χ1v) is 10.5. The number of nitrogens with zero attached hydrogens (tertiary/aromatic N) is 4. The Labute approximate surface area is 187 Å². The van der Waals surface area contributed by atoms with Gasteiger partial charge in [0.1, 0.15) is 18.5 Å². The fourth-order valence-electron chi connectivity index (χ4n) is 3.54. The lowest BCUT2D eigenvalue weighted by Gasteiger charge is -2.29. The van der Waals surface area contributed by atoms with Gasteiger partial charge in [-0.05, 0) is 18.2 Å². The average molecular weight is 469 g/mol. The van der Waals surface area contributed by atoms with E-state index in [0.29, 0.717) is 34.8 Å². The minimum absolute atomic E-state index is 0.0439. The molecule has 0 bridgehead atoms. The summed E-state index contributed by atoms with van der Waals surface area (Å²) in [6, 6.07) is 4.81. The highest BCUT2D eigenvalue weighted by Gasteiger charge is 2.24. The van der Waals surface area contributed by atoms with Crippen LogP contribution in [0.1, 0.15) is 0 Å². The number of hydrogen-bond acceptors (Lipinski definition) is 7. The molecule has 1 aromatic carbocycles. The van der Waals surface area contributed by atoms with Gasteiger partial charge in [0.25, 0.3) is 5.56 Å². The maximum absolute atomic E-state index is 12.6. The Morgan fingerprint density at radius 1 is 1.26 bits per heavy atom. The second kappa shape index (κ2) is 8.91. The van der Waals surface area contributed by atoms with Crippen molar-refractivity contribution in [2.75, 3.05) is 37.7 Å². The van der Waals surface area contributed by atoms with Crippen molar-refractivity contribution in [1.29, 1.82) is 0 Å². The summed E-state index contributed by atoms with van der Waals surface area (Å²) < 4.78 is 8.56. The lowest BCUT2D eigenvalue weighted by molar-refractivity contribution is 0.0936. The first kappa shape index (κ1) is 21.7. The Hall–Kier alpha value is -2.53. The van der Waals surface area contributed by atoms with Crippen molar-refractivity contribution in [3.8, 4) is 5.75 Å². The Balaban J connectivity index is 1.65. The fourth-order valence-corrected chi connectivity index (χ4v) is 4.01. The van der Waals surface area contributed by atoms with Gasteiger partial charge in [0.2, 0.25) is 5.95 Å². The third-order valence-electron chi connectivity index (χ3n) is 5.11. The number of imidazole rings is 1. The molecule has 10 nitrogen and oxygen atoms in total. The normalized spacial score (nSPS) is 15.4. The van der Waals surface area contributed by atoms with E-state index >= 15 is 0 Å². The molecule has 1 saturated heterocycles. The van der Waals surface area contributed by atoms with Gasteiger partial charge in [-0.25, -0.2) is 4.79 Å². The van der Waals surface area contributed by atoms with E-state index < -0.39 is 17.4 Å². The van der Waals surface area contributed by atoms with Crippen LogP contribution in [0.2, 0.25) is 10.0 Å². The van der Waals surface area contributed by atoms with E-state index in [0.717, 1.165) is 13.1 Å². The standard InChI is InChI=1S/C19H22Cl2N6O4/c1-25-16-15(17(29)24-19(25)30)27(18(23-16)26-6-4-22-5-7-26)9-12(28)10-31-14-3-2-11(20)8-13(14)21/h2-3,8,12,22,28H,4-7,9-10H2,1H3,(H,24,29,30)/t12-/m0/s1. The molecule has 0 amide bonds. The molecule has 3 aromatic rings. The number of aliphatic hydroxyl groups excluding tert-OH is 1. The molecule has 0 unspecified atom stereocenters. The van der Waals surface area contributed by atoms with Gasteiger partial charge in [0, 0.05) is 38.2 Å². The highest BCUT2D eigenvalue weighted by Crippen LogP contribution is 2.28. The summed E-state index contributed by atoms with van der Waals surface area (Å²) in [5.74, 6) is 0.912. The van der Waals surface area contributed by atoms with Crippen LogP contribution in [0, 0.1) is 0 Å². The van der Waals surface area contributed by atoms with Gasteiger partial charge < -0.3 is 24.6 Å². The summed E-state index contributed by atoms with van der Waals surface area (Å²) in [5.41, 5.74) is -0.619. The third-order valence-corrected chi connectivity index (χ3v) is 5.64. The number of piperazine rings is 1. The molecule has 3 N–H and O–H groups in total. The van der Waals surface area contributed by atoms with E-state index in [1.165, 1.54) is 4.57 Å². The fraction of sp³-hybridized carbons (Fsp3) is 0.421. The number of hydrogen-bond donors (Lipinski definition) is 3. The summed E-state index contributed by atoms with van der Waals surface area (Å²) >= 11 is 12.0. The molecule has 0 spiro atoms. The number of fused-ring (bicyclic) bond motifs is 1. The van der Waals surface area contributed by atoms with Crippen LogP contribution in [-0.2, 0) is 13.6 Å². The number of ether oxygens (including phenoxy) is 1. The monoisotopic (exact) mass is 468 g/mol. The van der Waals surface area contributed by atoms with Crippen LogP contribution < -0.4 is 26.2 Å². The third kappa shape index (κ3) is 4.42. The molecule has 1 fully saturated rings. The zero-order valence-electron chi connectivity index (χ0n) is 16.8. The molecule has 3 heterocycles. The van der Waals surface area contributed by atoms with Crippen LogP contribution >= 0.6 is 23.2 Å². The summed E-state index contributed by atoms with van der Waals surface area (Å²) in [6.07, 6.45) is -0.970. The molecular formula is C19H22Cl2N6O4. The summed E-state index contributed by atoms with van der Waals surface area (Å²) in [5, 5.41) is 14.7. The molecule has 12 heteroatoms. The van der Waals surface area contributed by atoms with Crippen molar-refractivity contribution < 1.29 is 9.84 Å². The van der Waals surface area contributed by atoms with E-state index in [1.807, 2.05) is 4.90 Å². The van der Waals surface area contributed by atoms with Crippen molar-refractivity contribution in [3.05, 3.63) is 49.1 Å². The van der Waals surface area contributed by atoms with E-state index in [1.54, 1.807) is 29.8 Å². The number of aliphatic hydroxyl groups is 1. The van der Waals surface area contributed by atoms with Crippen molar-refractivity contribution >= 4 is 40.3 Å². The minimum atomic E-state index is -0.970. The van der Waals surface area contributed by atoms with Gasteiger partial charge in [0.15, 0.2) is 11.2 Å². The average Bonchev–Trinajstić information content (AvgIpc) is 3.12. The predicted octanol–water partition coefficient (Wildman–Crippen LogP) is 0.580. The van der Waals surface area contributed by atoms with E-state index in [4.69, 9.17) is 27.9 Å². The number of rotatable bonds is 6. The first-order chi connectivity index (χ1) is 14.8. The summed E-state index contributed by atoms with van der Waals surface area (Å²) in [4.78, 5) is 33.5. The number of aromatic nitrogens is 4. The van der Waals surface area contributed by atoms with Crippen LogP contribution in [0.3, 0.4) is 0 Å². The van der Waals surface area contributed by atoms with Crippen LogP contribution in [0.4, 0.5) is 5.95 Å². The van der Waals surface area contributed by atoms with E-state index in [9.17, 15) is 14.7 Å². The number of aryl methyl sites for hydroxylation is 1. The SMILES string of the molecule is Cn1c(=O)[nH]c(=O)c2c1nc(N1CCNCC1)n2C[C@H](O)COc1ccc(Cl)cc1Cl. The van der Waals surface area contributed by atoms with Gasteiger partial charge in [0.05, 0.1) is 11.6 Å². The second-order valence-electron chi connectivity index (χ2n) is 7.29. The van der Waals surface area contributed by atoms with Gasteiger partial charge in [-0.1, -0.05) is 23.2 Å². The highest BCUT2D eigenvalue weighted by molar-refractivity contribution is 6.35. The second-order valence-corrected chi connectivity index (χ2v) is 8.13. The molecule has 31 heavy (non-hydrogen) atoms. The number of H-pyrrole nitrogens is 1.